The van der Waals surface area contributed by atoms with Gasteiger partial charge in [-0.25, -0.2) is 9.78 Å². The Bertz CT molecular complexity index is 616. The van der Waals surface area contributed by atoms with Crippen molar-refractivity contribution < 1.29 is 9.53 Å². The fourth-order valence-corrected chi connectivity index (χ4v) is 3.02. The molecule has 19 heavy (non-hydrogen) atoms. The third kappa shape index (κ3) is 2.39. The Morgan fingerprint density at radius 1 is 1.58 bits per heavy atom. The standard InChI is InChI=1S/C12H13N3O2S.ClH/c1-7-2-3-9-10(6-18-11(9)14-7)15-5-8(4-13)17-12(15)16;/h2-3,6,8H,4-5,13H2,1H3;1H. The van der Waals surface area contributed by atoms with E-state index in [0.717, 1.165) is 21.6 Å². The highest BCUT2D eigenvalue weighted by atomic mass is 35.5. The van der Waals surface area contributed by atoms with Crippen molar-refractivity contribution in [2.75, 3.05) is 18.0 Å². The summed E-state index contributed by atoms with van der Waals surface area (Å²) in [5.41, 5.74) is 7.37. The van der Waals surface area contributed by atoms with Gasteiger partial charge >= 0.3 is 6.09 Å². The van der Waals surface area contributed by atoms with Crippen LogP contribution in [0.3, 0.4) is 0 Å². The second-order valence-electron chi connectivity index (χ2n) is 4.28. The van der Waals surface area contributed by atoms with Gasteiger partial charge in [0.2, 0.25) is 0 Å². The van der Waals surface area contributed by atoms with Crippen molar-refractivity contribution >= 4 is 45.7 Å². The molecule has 0 spiro atoms. The van der Waals surface area contributed by atoms with Crippen molar-refractivity contribution in [1.29, 1.82) is 0 Å². The van der Waals surface area contributed by atoms with Gasteiger partial charge in [0, 0.05) is 23.0 Å². The van der Waals surface area contributed by atoms with Gasteiger partial charge in [0.25, 0.3) is 0 Å². The molecule has 1 atom stereocenters. The molecule has 0 aliphatic carbocycles. The number of amides is 1. The van der Waals surface area contributed by atoms with Gasteiger partial charge in [-0.15, -0.1) is 23.7 Å². The lowest BCUT2D eigenvalue weighted by Gasteiger charge is -2.11. The molecule has 2 aromatic rings. The summed E-state index contributed by atoms with van der Waals surface area (Å²) < 4.78 is 5.17. The number of nitrogens with two attached hydrogens (primary N) is 1. The molecular formula is C12H14ClN3O2S. The third-order valence-corrected chi connectivity index (χ3v) is 3.86. The average molecular weight is 300 g/mol. The van der Waals surface area contributed by atoms with Crippen molar-refractivity contribution in [2.24, 2.45) is 5.73 Å². The van der Waals surface area contributed by atoms with Crippen molar-refractivity contribution in [2.45, 2.75) is 13.0 Å². The van der Waals surface area contributed by atoms with Gasteiger partial charge in [-0.2, -0.15) is 0 Å². The van der Waals surface area contributed by atoms with Crippen LogP contribution in [0.25, 0.3) is 10.2 Å². The molecule has 2 aromatic heterocycles. The number of hydrogen-bond donors (Lipinski definition) is 1. The Hall–Kier alpha value is -1.37. The molecule has 1 saturated heterocycles. The fourth-order valence-electron chi connectivity index (χ4n) is 2.04. The molecule has 0 bridgehead atoms. The van der Waals surface area contributed by atoms with E-state index in [1.165, 1.54) is 11.3 Å². The predicted octanol–water partition coefficient (Wildman–Crippen LogP) is 2.31. The molecule has 3 heterocycles. The second kappa shape index (κ2) is 5.32. The summed E-state index contributed by atoms with van der Waals surface area (Å²) in [6, 6.07) is 3.94. The van der Waals surface area contributed by atoms with Gasteiger partial charge in [0.05, 0.1) is 12.2 Å². The van der Waals surface area contributed by atoms with Crippen LogP contribution in [0.15, 0.2) is 17.5 Å². The van der Waals surface area contributed by atoms with Gasteiger partial charge in [-0.1, -0.05) is 0 Å². The van der Waals surface area contributed by atoms with Crippen LogP contribution in [0.5, 0.6) is 0 Å². The maximum absolute atomic E-state index is 11.8. The minimum Gasteiger partial charge on any atom is -0.443 e. The van der Waals surface area contributed by atoms with Crippen LogP contribution < -0.4 is 10.6 Å². The summed E-state index contributed by atoms with van der Waals surface area (Å²) in [6.45, 7) is 2.81. The first-order valence-electron chi connectivity index (χ1n) is 5.72. The van der Waals surface area contributed by atoms with E-state index in [-0.39, 0.29) is 24.6 Å². The number of cyclic esters (lactones) is 1. The van der Waals surface area contributed by atoms with Crippen molar-refractivity contribution in [3.63, 3.8) is 0 Å². The molecule has 3 rings (SSSR count). The minimum atomic E-state index is -0.328. The largest absolute Gasteiger partial charge is 0.443 e. The molecule has 7 heteroatoms. The Balaban J connectivity index is 0.00000133. The fraction of sp³-hybridized carbons (Fsp3) is 0.333. The van der Waals surface area contributed by atoms with Gasteiger partial charge in [-0.3, -0.25) is 4.90 Å². The number of hydrogen-bond acceptors (Lipinski definition) is 5. The molecule has 5 nitrogen and oxygen atoms in total. The number of pyridine rings is 1. The maximum atomic E-state index is 11.8. The molecule has 102 valence electrons. The summed E-state index contributed by atoms with van der Waals surface area (Å²) >= 11 is 1.53. The predicted molar refractivity (Wildman–Crippen MR) is 78.3 cm³/mol. The lowest BCUT2D eigenvalue weighted by Crippen LogP contribution is -2.27. The number of carbonyl (C=O) groups excluding carboxylic acids is 1. The van der Waals surface area contributed by atoms with Crippen LogP contribution in [0.2, 0.25) is 0 Å². The zero-order valence-electron chi connectivity index (χ0n) is 10.3. The summed E-state index contributed by atoms with van der Waals surface area (Å²) in [5, 5.41) is 2.93. The van der Waals surface area contributed by atoms with E-state index in [2.05, 4.69) is 4.98 Å². The number of ether oxygens (including phenoxy) is 1. The normalized spacial score (nSPS) is 18.5. The number of fused-ring (bicyclic) bond motifs is 1. The Labute approximate surface area is 120 Å². The van der Waals surface area contributed by atoms with Gasteiger partial charge in [0.15, 0.2) is 0 Å². The van der Waals surface area contributed by atoms with E-state index >= 15 is 0 Å². The SMILES string of the molecule is Cc1ccc2c(N3CC(CN)OC3=O)csc2n1.Cl. The maximum Gasteiger partial charge on any atom is 0.414 e. The van der Waals surface area contributed by atoms with Crippen molar-refractivity contribution in [3.8, 4) is 0 Å². The number of carbonyl (C=O) groups is 1. The van der Waals surface area contributed by atoms with E-state index in [0.29, 0.717) is 13.1 Å². The van der Waals surface area contributed by atoms with Crippen LogP contribution in [0, 0.1) is 6.92 Å². The molecule has 1 aliphatic heterocycles. The van der Waals surface area contributed by atoms with E-state index in [1.54, 1.807) is 4.90 Å². The molecule has 1 aliphatic rings. The van der Waals surface area contributed by atoms with E-state index in [9.17, 15) is 4.79 Å². The summed E-state index contributed by atoms with van der Waals surface area (Å²) in [5.74, 6) is 0. The number of thiophene rings is 1. The van der Waals surface area contributed by atoms with Gasteiger partial charge in [-0.05, 0) is 19.1 Å². The lowest BCUT2D eigenvalue weighted by atomic mass is 10.2. The van der Waals surface area contributed by atoms with E-state index < -0.39 is 0 Å². The Morgan fingerprint density at radius 3 is 3.05 bits per heavy atom. The van der Waals surface area contributed by atoms with Crippen molar-refractivity contribution in [3.05, 3.63) is 23.2 Å². The monoisotopic (exact) mass is 299 g/mol. The van der Waals surface area contributed by atoms with Gasteiger partial charge < -0.3 is 10.5 Å². The Kier molecular flexibility index (Phi) is 3.93. The highest BCUT2D eigenvalue weighted by molar-refractivity contribution is 7.17. The second-order valence-corrected chi connectivity index (χ2v) is 5.14. The number of anilines is 1. The molecule has 1 amide bonds. The van der Waals surface area contributed by atoms with Crippen LogP contribution in [0.1, 0.15) is 5.69 Å². The van der Waals surface area contributed by atoms with E-state index in [1.807, 2.05) is 24.4 Å². The van der Waals surface area contributed by atoms with Crippen LogP contribution in [-0.2, 0) is 4.74 Å². The molecule has 1 unspecified atom stereocenters. The first-order chi connectivity index (χ1) is 8.69. The van der Waals surface area contributed by atoms with Crippen LogP contribution in [-0.4, -0.2) is 30.3 Å². The first kappa shape index (κ1) is 14.0. The highest BCUT2D eigenvalue weighted by Crippen LogP contribution is 2.34. The summed E-state index contributed by atoms with van der Waals surface area (Å²) in [4.78, 5) is 18.8. The number of nitrogens with zero attached hydrogens (tertiary/aromatic N) is 2. The van der Waals surface area contributed by atoms with E-state index in [4.69, 9.17) is 10.5 Å². The topological polar surface area (TPSA) is 68.4 Å². The van der Waals surface area contributed by atoms with Gasteiger partial charge in [0.1, 0.15) is 10.9 Å². The summed E-state index contributed by atoms with van der Waals surface area (Å²) in [6.07, 6.45) is -0.545. The number of aryl methyl sites for hydroxylation is 1. The Morgan fingerprint density at radius 2 is 2.37 bits per heavy atom. The molecular weight excluding hydrogens is 286 g/mol. The molecule has 0 radical (unpaired) electrons. The smallest absolute Gasteiger partial charge is 0.414 e. The molecule has 2 N–H and O–H groups in total. The average Bonchev–Trinajstić information content (AvgIpc) is 2.91. The zero-order valence-corrected chi connectivity index (χ0v) is 12.0. The molecule has 1 fully saturated rings. The quantitative estimate of drug-likeness (QED) is 0.924. The first-order valence-corrected chi connectivity index (χ1v) is 6.60. The van der Waals surface area contributed by atoms with Crippen LogP contribution >= 0.6 is 23.7 Å². The molecule has 0 aromatic carbocycles. The minimum absolute atomic E-state index is 0. The van der Waals surface area contributed by atoms with Crippen molar-refractivity contribution in [1.82, 2.24) is 4.98 Å². The molecule has 0 saturated carbocycles. The number of aromatic nitrogens is 1. The number of rotatable bonds is 2. The van der Waals surface area contributed by atoms with Crippen LogP contribution in [0.4, 0.5) is 10.5 Å². The lowest BCUT2D eigenvalue weighted by molar-refractivity contribution is 0.145. The summed E-state index contributed by atoms with van der Waals surface area (Å²) in [7, 11) is 0. The number of halogens is 1. The highest BCUT2D eigenvalue weighted by Gasteiger charge is 2.32. The third-order valence-electron chi connectivity index (χ3n) is 2.99. The zero-order chi connectivity index (χ0) is 12.7.